The molecule has 1 saturated carbocycles. The Morgan fingerprint density at radius 2 is 1.64 bits per heavy atom. The van der Waals surface area contributed by atoms with E-state index in [0.717, 1.165) is 83.5 Å². The number of hydrazine groups is 1. The van der Waals surface area contributed by atoms with Gasteiger partial charge in [0.2, 0.25) is 17.7 Å². The summed E-state index contributed by atoms with van der Waals surface area (Å²) in [6.45, 7) is 8.73. The first-order valence-corrected chi connectivity index (χ1v) is 24.6. The minimum absolute atomic E-state index is 0.0263. The highest BCUT2D eigenvalue weighted by atomic mass is 19.1. The number of piperazine rings is 1. The standard InChI is InChI=1S/C48H67FN12O5/c1-47(66)16-3-2-4-21-60-45(65)35-30-51-46(56-42(35)61(60)39-7-5-6-38(47)54-39)52-31-8-10-32(11-9-31)58-24-26-59(27-25-58)33-14-17-48(18-15-33)19-22-57(23-20-48)34-28-36(49)41(50-29-34)44(64)53-37-12-13-40(62)55-43(37)63/h2,4,8-11,28-29,33,35,37-39,42,46,51-52,54,56,66H,3,5-7,12-27,30H2,1H3,(H,53,64)(H,55,62,63)/b4-2-/t35?,37?,38?,39?,42?,46?,47-/m1/s1. The Hall–Kier alpha value is -4.72. The summed E-state index contributed by atoms with van der Waals surface area (Å²) in [5.74, 6) is -2.54. The van der Waals surface area contributed by atoms with Gasteiger partial charge in [-0.25, -0.2) is 9.37 Å². The largest absolute Gasteiger partial charge is 0.389 e. The lowest BCUT2D eigenvalue weighted by Crippen LogP contribution is -2.69. The van der Waals surface area contributed by atoms with E-state index in [4.69, 9.17) is 0 Å². The van der Waals surface area contributed by atoms with E-state index in [9.17, 15) is 24.3 Å². The second-order valence-corrected chi connectivity index (χ2v) is 20.3. The molecule has 7 fully saturated rings. The molecule has 2 aromatic rings. The Bertz CT molecular complexity index is 2150. The van der Waals surface area contributed by atoms with E-state index < -0.39 is 29.3 Å². The van der Waals surface area contributed by atoms with Crippen LogP contribution in [0, 0.1) is 17.2 Å². The Morgan fingerprint density at radius 3 is 2.38 bits per heavy atom. The highest BCUT2D eigenvalue weighted by Crippen LogP contribution is 2.46. The van der Waals surface area contributed by atoms with Crippen molar-refractivity contribution in [2.75, 3.05) is 67.5 Å². The van der Waals surface area contributed by atoms with Crippen LogP contribution in [-0.4, -0.2) is 143 Å². The van der Waals surface area contributed by atoms with Crippen LogP contribution in [0.15, 0.2) is 48.7 Å². The molecule has 8 aliphatic rings. The van der Waals surface area contributed by atoms with Gasteiger partial charge in [-0.3, -0.25) is 50.4 Å². The number of aliphatic hydroxyl groups is 1. The monoisotopic (exact) mass is 911 g/mol. The predicted octanol–water partition coefficient (Wildman–Crippen LogP) is 2.57. The van der Waals surface area contributed by atoms with Crippen molar-refractivity contribution in [3.05, 3.63) is 60.2 Å². The van der Waals surface area contributed by atoms with Crippen LogP contribution in [0.3, 0.4) is 0 Å². The highest BCUT2D eigenvalue weighted by Gasteiger charge is 2.53. The molecule has 6 saturated heterocycles. The fourth-order valence-electron chi connectivity index (χ4n) is 12.2. The number of hydrogen-bond donors (Lipinski definition) is 7. The zero-order valence-corrected chi connectivity index (χ0v) is 38.2. The van der Waals surface area contributed by atoms with Gasteiger partial charge in [-0.05, 0) is 114 Å². The van der Waals surface area contributed by atoms with Crippen molar-refractivity contribution in [2.24, 2.45) is 11.3 Å². The number of nitrogens with one attached hydrogen (secondary N) is 6. The van der Waals surface area contributed by atoms with Crippen molar-refractivity contribution in [1.29, 1.82) is 0 Å². The molecule has 17 nitrogen and oxygen atoms in total. The molecule has 7 atom stereocenters. The topological polar surface area (TPSA) is 190 Å². The summed E-state index contributed by atoms with van der Waals surface area (Å²) in [5.41, 5.74) is 2.03. The van der Waals surface area contributed by atoms with E-state index in [0.29, 0.717) is 36.7 Å². The predicted molar refractivity (Wildman–Crippen MR) is 247 cm³/mol. The number of imide groups is 1. The van der Waals surface area contributed by atoms with Crippen molar-refractivity contribution in [2.45, 2.75) is 133 Å². The number of hydrogen-bond acceptors (Lipinski definition) is 14. The third kappa shape index (κ3) is 9.28. The molecule has 356 valence electrons. The first kappa shape index (κ1) is 45.1. The molecule has 1 aromatic heterocycles. The van der Waals surface area contributed by atoms with Gasteiger partial charge in [-0.1, -0.05) is 12.2 Å². The van der Waals surface area contributed by atoms with E-state index in [1.54, 1.807) is 6.20 Å². The quantitative estimate of drug-likeness (QED) is 0.159. The van der Waals surface area contributed by atoms with E-state index in [1.807, 2.05) is 11.9 Å². The number of carbonyl (C=O) groups is 4. The van der Waals surface area contributed by atoms with Crippen LogP contribution >= 0.6 is 0 Å². The van der Waals surface area contributed by atoms with Crippen LogP contribution in [0.25, 0.3) is 0 Å². The molecule has 7 N–H and O–H groups in total. The fraction of sp³-hybridized carbons (Fsp3) is 0.646. The maximum Gasteiger partial charge on any atom is 0.273 e. The van der Waals surface area contributed by atoms with Crippen LogP contribution in [-0.2, 0) is 14.4 Å². The minimum Gasteiger partial charge on any atom is -0.389 e. The molecule has 2 bridgehead atoms. The lowest BCUT2D eigenvalue weighted by molar-refractivity contribution is -0.146. The first-order chi connectivity index (χ1) is 31.9. The van der Waals surface area contributed by atoms with Crippen molar-refractivity contribution < 1.29 is 28.7 Å². The van der Waals surface area contributed by atoms with Gasteiger partial charge in [0.15, 0.2) is 11.5 Å². The molecule has 4 amide bonds. The summed E-state index contributed by atoms with van der Waals surface area (Å²) >= 11 is 0. The number of anilines is 3. The maximum absolute atomic E-state index is 15.2. The number of allylic oxidation sites excluding steroid dienone is 1. The number of halogens is 1. The summed E-state index contributed by atoms with van der Waals surface area (Å²) in [6.07, 6.45) is 16.8. The zero-order chi connectivity index (χ0) is 45.6. The van der Waals surface area contributed by atoms with Crippen LogP contribution in [0.2, 0.25) is 0 Å². The van der Waals surface area contributed by atoms with Gasteiger partial charge >= 0.3 is 0 Å². The number of amides is 4. The molecule has 6 unspecified atom stereocenters. The first-order valence-electron chi connectivity index (χ1n) is 24.6. The third-order valence-corrected chi connectivity index (χ3v) is 16.3. The van der Waals surface area contributed by atoms with Crippen LogP contribution in [0.5, 0.6) is 0 Å². The number of benzene rings is 1. The Balaban J connectivity index is 0.672. The second kappa shape index (κ2) is 18.8. The van der Waals surface area contributed by atoms with Crippen molar-refractivity contribution in [1.82, 2.24) is 46.5 Å². The number of rotatable bonds is 7. The van der Waals surface area contributed by atoms with Crippen LogP contribution < -0.4 is 41.7 Å². The fourth-order valence-corrected chi connectivity index (χ4v) is 12.2. The van der Waals surface area contributed by atoms with Gasteiger partial charge in [-0.2, -0.15) is 5.01 Å². The lowest BCUT2D eigenvalue weighted by Gasteiger charge is -2.49. The molecule has 10 rings (SSSR count). The zero-order valence-electron chi connectivity index (χ0n) is 38.2. The van der Waals surface area contributed by atoms with Crippen molar-refractivity contribution in [3.8, 4) is 0 Å². The molecule has 8 heterocycles. The van der Waals surface area contributed by atoms with E-state index >= 15 is 4.39 Å². The SMILES string of the molecule is C[C@@]1(O)CC/C=C\CN2C(=O)C3CNC(Nc4ccc(N5CCN(C6CCC7(CC6)CCN(c6cnc(C(=O)NC8CCC(=O)NC8=O)c(F)c6)CC7)CC5)cc4)NC3N2C2CCCC1N2. The second-order valence-electron chi connectivity index (χ2n) is 20.3. The molecule has 0 radical (unpaired) electrons. The molecular formula is C48H67FN12O5. The van der Waals surface area contributed by atoms with E-state index in [-0.39, 0.29) is 60.9 Å². The molecule has 1 aromatic carbocycles. The Labute approximate surface area is 386 Å². The molecular weight excluding hydrogens is 844 g/mol. The van der Waals surface area contributed by atoms with E-state index in [1.165, 1.54) is 37.4 Å². The van der Waals surface area contributed by atoms with Gasteiger partial charge < -0.3 is 25.5 Å². The van der Waals surface area contributed by atoms with Crippen LogP contribution in [0.4, 0.5) is 21.5 Å². The maximum atomic E-state index is 15.2. The van der Waals surface area contributed by atoms with E-state index in [2.05, 4.69) is 93.0 Å². The third-order valence-electron chi connectivity index (χ3n) is 16.3. The molecule has 7 aliphatic heterocycles. The minimum atomic E-state index is -0.891. The van der Waals surface area contributed by atoms with Gasteiger partial charge in [0.05, 0.1) is 42.3 Å². The van der Waals surface area contributed by atoms with Gasteiger partial charge in [0, 0.05) is 81.8 Å². The number of pyridine rings is 1. The smallest absolute Gasteiger partial charge is 0.273 e. The number of aromatic nitrogens is 1. The normalized spacial score (nSPS) is 32.8. The summed E-state index contributed by atoms with van der Waals surface area (Å²) in [7, 11) is 0. The number of nitrogens with zero attached hydrogens (tertiary/aromatic N) is 6. The molecule has 66 heavy (non-hydrogen) atoms. The van der Waals surface area contributed by atoms with Crippen molar-refractivity contribution in [3.63, 3.8) is 0 Å². The Kier molecular flexibility index (Phi) is 12.8. The highest BCUT2D eigenvalue weighted by molar-refractivity contribution is 6.03. The van der Waals surface area contributed by atoms with Gasteiger partial charge in [-0.15, -0.1) is 0 Å². The molecule has 1 spiro atoms. The van der Waals surface area contributed by atoms with Crippen molar-refractivity contribution >= 4 is 40.7 Å². The van der Waals surface area contributed by atoms with Crippen LogP contribution in [0.1, 0.15) is 101 Å². The summed E-state index contributed by atoms with van der Waals surface area (Å²) in [6, 6.07) is 9.76. The average molecular weight is 911 g/mol. The lowest BCUT2D eigenvalue weighted by atomic mass is 9.66. The molecule has 18 heteroatoms. The number of piperidine rings is 3. The Morgan fingerprint density at radius 1 is 0.879 bits per heavy atom. The van der Waals surface area contributed by atoms with Gasteiger partial charge in [0.25, 0.3) is 5.91 Å². The summed E-state index contributed by atoms with van der Waals surface area (Å²) in [4.78, 5) is 61.5. The molecule has 1 aliphatic carbocycles. The number of carbonyl (C=O) groups excluding carboxylic acids is 4. The average Bonchev–Trinajstić information content (AvgIpc) is 3.59. The number of fused-ring (bicyclic) bond motifs is 6. The van der Waals surface area contributed by atoms with Gasteiger partial charge in [0.1, 0.15) is 12.3 Å². The summed E-state index contributed by atoms with van der Waals surface area (Å²) in [5, 5.41) is 34.9. The summed E-state index contributed by atoms with van der Waals surface area (Å²) < 4.78 is 15.2.